The average Bonchev–Trinajstić information content (AvgIpc) is 3.29. The van der Waals surface area contributed by atoms with Gasteiger partial charge >= 0.3 is 0 Å². The molecule has 0 heterocycles. The molecule has 1 aromatic rings. The van der Waals surface area contributed by atoms with E-state index in [0.29, 0.717) is 19.1 Å². The number of halogens is 1. The topological polar surface area (TPSA) is 41.6 Å². The van der Waals surface area contributed by atoms with Crippen LogP contribution in [0.2, 0.25) is 0 Å². The van der Waals surface area contributed by atoms with Gasteiger partial charge in [0.25, 0.3) is 5.91 Å². The number of rotatable bonds is 8. The van der Waals surface area contributed by atoms with Crippen molar-refractivity contribution in [3.05, 3.63) is 29.6 Å². The molecule has 2 rings (SSSR count). The molecule has 116 valence electrons. The highest BCUT2D eigenvalue weighted by Gasteiger charge is 2.31. The van der Waals surface area contributed by atoms with Crippen LogP contribution < -0.4 is 10.1 Å². The minimum atomic E-state index is -0.423. The lowest BCUT2D eigenvalue weighted by molar-refractivity contribution is -0.133. The monoisotopic (exact) mass is 294 g/mol. The second kappa shape index (κ2) is 7.41. The summed E-state index contributed by atoms with van der Waals surface area (Å²) in [6, 6.07) is 5.20. The Morgan fingerprint density at radius 3 is 2.76 bits per heavy atom. The summed E-state index contributed by atoms with van der Waals surface area (Å²) in [5.74, 6) is -0.362. The predicted octanol–water partition coefficient (Wildman–Crippen LogP) is 2.32. The molecule has 0 radical (unpaired) electrons. The van der Waals surface area contributed by atoms with Gasteiger partial charge < -0.3 is 15.0 Å². The summed E-state index contributed by atoms with van der Waals surface area (Å²) in [4.78, 5) is 13.8. The number of hydrogen-bond acceptors (Lipinski definition) is 3. The molecule has 1 saturated carbocycles. The fourth-order valence-corrected chi connectivity index (χ4v) is 2.29. The minimum Gasteiger partial charge on any atom is -0.481 e. The van der Waals surface area contributed by atoms with Gasteiger partial charge in [-0.3, -0.25) is 4.79 Å². The van der Waals surface area contributed by atoms with E-state index in [1.54, 1.807) is 11.0 Å². The number of hydrogen-bond donors (Lipinski definition) is 1. The van der Waals surface area contributed by atoms with Gasteiger partial charge in [0.15, 0.2) is 18.2 Å². The normalized spacial score (nSPS) is 14.0. The fraction of sp³-hybridized carbons (Fsp3) is 0.562. The molecule has 1 aliphatic rings. The van der Waals surface area contributed by atoms with Crippen molar-refractivity contribution >= 4 is 5.91 Å². The van der Waals surface area contributed by atoms with Crippen LogP contribution in [-0.4, -0.2) is 36.5 Å². The summed E-state index contributed by atoms with van der Waals surface area (Å²) in [6.07, 6.45) is 2.13. The Morgan fingerprint density at radius 2 is 2.19 bits per heavy atom. The molecule has 0 unspecified atom stereocenters. The highest BCUT2D eigenvalue weighted by atomic mass is 19.1. The lowest BCUT2D eigenvalue weighted by atomic mass is 10.2. The Morgan fingerprint density at radius 1 is 1.43 bits per heavy atom. The molecule has 0 atom stereocenters. The SMILES string of the molecule is CCNCc1ccc(OCC(=O)N(CC)C2CC2)c(F)c1. The molecule has 0 aromatic heterocycles. The largest absolute Gasteiger partial charge is 0.481 e. The third-order valence-corrected chi connectivity index (χ3v) is 3.58. The van der Waals surface area contributed by atoms with Gasteiger partial charge in [0, 0.05) is 19.1 Å². The van der Waals surface area contributed by atoms with Crippen molar-refractivity contribution in [1.29, 1.82) is 0 Å². The van der Waals surface area contributed by atoms with Gasteiger partial charge in [0.1, 0.15) is 0 Å². The number of ether oxygens (including phenoxy) is 1. The first-order chi connectivity index (χ1) is 10.2. The number of likely N-dealkylation sites (N-methyl/N-ethyl adjacent to an activating group) is 1. The van der Waals surface area contributed by atoms with E-state index < -0.39 is 5.82 Å². The fourth-order valence-electron chi connectivity index (χ4n) is 2.29. The Hall–Kier alpha value is -1.62. The van der Waals surface area contributed by atoms with Crippen LogP contribution in [0.25, 0.3) is 0 Å². The van der Waals surface area contributed by atoms with Gasteiger partial charge in [-0.15, -0.1) is 0 Å². The maximum absolute atomic E-state index is 13.9. The third kappa shape index (κ3) is 4.43. The maximum atomic E-state index is 13.9. The van der Waals surface area contributed by atoms with Crippen molar-refractivity contribution in [3.8, 4) is 5.75 Å². The van der Waals surface area contributed by atoms with Crippen molar-refractivity contribution in [2.45, 2.75) is 39.3 Å². The van der Waals surface area contributed by atoms with Crippen LogP contribution in [0.15, 0.2) is 18.2 Å². The summed E-state index contributed by atoms with van der Waals surface area (Å²) < 4.78 is 19.2. The van der Waals surface area contributed by atoms with Crippen LogP contribution in [0.5, 0.6) is 5.75 Å². The molecule has 21 heavy (non-hydrogen) atoms. The lowest BCUT2D eigenvalue weighted by Gasteiger charge is -2.20. The van der Waals surface area contributed by atoms with Crippen molar-refractivity contribution < 1.29 is 13.9 Å². The van der Waals surface area contributed by atoms with Crippen molar-refractivity contribution in [2.75, 3.05) is 19.7 Å². The zero-order chi connectivity index (χ0) is 15.2. The molecule has 1 fully saturated rings. The quantitative estimate of drug-likeness (QED) is 0.800. The molecule has 1 N–H and O–H groups in total. The Balaban J connectivity index is 1.88. The van der Waals surface area contributed by atoms with Gasteiger partial charge in [0.2, 0.25) is 0 Å². The van der Waals surface area contributed by atoms with Crippen LogP contribution in [0, 0.1) is 5.82 Å². The average molecular weight is 294 g/mol. The van der Waals surface area contributed by atoms with Crippen molar-refractivity contribution in [1.82, 2.24) is 10.2 Å². The smallest absolute Gasteiger partial charge is 0.260 e. The first kappa shape index (κ1) is 15.8. The summed E-state index contributed by atoms with van der Waals surface area (Å²) in [5, 5.41) is 3.14. The molecule has 1 aliphatic carbocycles. The molecule has 1 amide bonds. The number of nitrogens with zero attached hydrogens (tertiary/aromatic N) is 1. The van der Waals surface area contributed by atoms with Crippen molar-refractivity contribution in [3.63, 3.8) is 0 Å². The number of nitrogens with one attached hydrogen (secondary N) is 1. The van der Waals surface area contributed by atoms with E-state index >= 15 is 0 Å². The van der Waals surface area contributed by atoms with Gasteiger partial charge in [-0.1, -0.05) is 13.0 Å². The molecule has 4 nitrogen and oxygen atoms in total. The molecule has 0 saturated heterocycles. The Labute approximate surface area is 125 Å². The van der Waals surface area contributed by atoms with Gasteiger partial charge in [0.05, 0.1) is 0 Å². The van der Waals surface area contributed by atoms with E-state index in [1.807, 2.05) is 19.9 Å². The predicted molar refractivity (Wildman–Crippen MR) is 79.7 cm³/mol. The Bertz CT molecular complexity index is 489. The van der Waals surface area contributed by atoms with E-state index in [9.17, 15) is 9.18 Å². The highest BCUT2D eigenvalue weighted by molar-refractivity contribution is 5.78. The van der Waals surface area contributed by atoms with E-state index in [0.717, 1.165) is 24.9 Å². The van der Waals surface area contributed by atoms with Crippen LogP contribution in [0.3, 0.4) is 0 Å². The molecule has 0 aliphatic heterocycles. The second-order valence-electron chi connectivity index (χ2n) is 5.24. The van der Waals surface area contributed by atoms with Crippen LogP contribution in [0.1, 0.15) is 32.3 Å². The van der Waals surface area contributed by atoms with E-state index in [4.69, 9.17) is 4.74 Å². The lowest BCUT2D eigenvalue weighted by Crippen LogP contribution is -2.36. The standard InChI is InChI=1S/C16H23FN2O2/c1-3-18-10-12-5-8-15(14(17)9-12)21-11-16(20)19(4-2)13-6-7-13/h5,8-9,13,18H,3-4,6-7,10-11H2,1-2H3. The summed E-state index contributed by atoms with van der Waals surface area (Å²) in [6.45, 7) is 5.98. The molecule has 1 aromatic carbocycles. The Kier molecular flexibility index (Phi) is 5.56. The maximum Gasteiger partial charge on any atom is 0.260 e. The first-order valence-electron chi connectivity index (χ1n) is 7.57. The first-order valence-corrected chi connectivity index (χ1v) is 7.57. The number of carbonyl (C=O) groups is 1. The highest BCUT2D eigenvalue weighted by Crippen LogP contribution is 2.26. The van der Waals surface area contributed by atoms with Crippen LogP contribution in [0.4, 0.5) is 4.39 Å². The molecule has 0 bridgehead atoms. The summed E-state index contributed by atoms with van der Waals surface area (Å²) >= 11 is 0. The molecular formula is C16H23FN2O2. The zero-order valence-corrected chi connectivity index (χ0v) is 12.7. The molecule has 0 spiro atoms. The second-order valence-corrected chi connectivity index (χ2v) is 5.24. The van der Waals surface area contributed by atoms with E-state index in [1.165, 1.54) is 6.07 Å². The van der Waals surface area contributed by atoms with E-state index in [2.05, 4.69) is 5.32 Å². The van der Waals surface area contributed by atoms with Gasteiger partial charge in [-0.25, -0.2) is 4.39 Å². The van der Waals surface area contributed by atoms with Crippen molar-refractivity contribution in [2.24, 2.45) is 0 Å². The summed E-state index contributed by atoms with van der Waals surface area (Å²) in [5.41, 5.74) is 0.862. The molecule has 5 heteroatoms. The van der Waals surface area contributed by atoms with Crippen LogP contribution in [-0.2, 0) is 11.3 Å². The molecular weight excluding hydrogens is 271 g/mol. The number of amides is 1. The van der Waals surface area contributed by atoms with Gasteiger partial charge in [-0.05, 0) is 44.0 Å². The van der Waals surface area contributed by atoms with Crippen LogP contribution >= 0.6 is 0 Å². The minimum absolute atomic E-state index is 0.0730. The van der Waals surface area contributed by atoms with Gasteiger partial charge in [-0.2, -0.15) is 0 Å². The number of benzene rings is 1. The van der Waals surface area contributed by atoms with E-state index in [-0.39, 0.29) is 18.3 Å². The summed E-state index contributed by atoms with van der Waals surface area (Å²) in [7, 11) is 0. The zero-order valence-electron chi connectivity index (χ0n) is 12.7. The number of carbonyl (C=O) groups excluding carboxylic acids is 1. The third-order valence-electron chi connectivity index (χ3n) is 3.58.